The van der Waals surface area contributed by atoms with Crippen molar-refractivity contribution < 1.29 is 9.53 Å². The Balaban J connectivity index is 1.64. The van der Waals surface area contributed by atoms with Gasteiger partial charge in [0, 0.05) is 36.3 Å². The Morgan fingerprint density at radius 2 is 2.00 bits per heavy atom. The Morgan fingerprint density at radius 1 is 1.19 bits per heavy atom. The number of thiophene rings is 1. The van der Waals surface area contributed by atoms with Crippen molar-refractivity contribution in [3.05, 3.63) is 85.7 Å². The summed E-state index contributed by atoms with van der Waals surface area (Å²) in [5, 5.41) is 1.57. The molecule has 0 fully saturated rings. The van der Waals surface area contributed by atoms with Gasteiger partial charge in [-0.05, 0) is 30.5 Å². The van der Waals surface area contributed by atoms with Gasteiger partial charge in [-0.25, -0.2) is 9.79 Å². The molecular weight excluding hydrogens is 451 g/mol. The van der Waals surface area contributed by atoms with Gasteiger partial charge in [0.1, 0.15) is 5.00 Å². The predicted molar refractivity (Wildman–Crippen MR) is 128 cm³/mol. The summed E-state index contributed by atoms with van der Waals surface area (Å²) >= 11 is 13.9. The molecule has 0 atom stereocenters. The van der Waals surface area contributed by atoms with Crippen molar-refractivity contribution in [3.63, 3.8) is 0 Å². The summed E-state index contributed by atoms with van der Waals surface area (Å²) in [7, 11) is 0. The third-order valence-electron chi connectivity index (χ3n) is 5.15. The highest BCUT2D eigenvalue weighted by Crippen LogP contribution is 2.40. The maximum absolute atomic E-state index is 12.8. The number of hydrogen-bond donors (Lipinski definition) is 0. The molecule has 4 nitrogen and oxygen atoms in total. The van der Waals surface area contributed by atoms with Crippen LogP contribution in [0.25, 0.3) is 0 Å². The van der Waals surface area contributed by atoms with E-state index in [-0.39, 0.29) is 5.97 Å². The van der Waals surface area contributed by atoms with Crippen molar-refractivity contribution >= 4 is 51.7 Å². The first-order chi connectivity index (χ1) is 15.1. The molecule has 160 valence electrons. The van der Waals surface area contributed by atoms with E-state index in [1.165, 1.54) is 5.56 Å². The highest BCUT2D eigenvalue weighted by atomic mass is 35.5. The smallest absolute Gasteiger partial charge is 0.341 e. The second kappa shape index (κ2) is 9.96. The number of carbonyl (C=O) groups is 1. The summed E-state index contributed by atoms with van der Waals surface area (Å²) in [5.74, 6) is -0.319. The summed E-state index contributed by atoms with van der Waals surface area (Å²) in [6, 6.07) is 15.8. The number of carbonyl (C=O) groups excluding carboxylic acids is 1. The van der Waals surface area contributed by atoms with Crippen molar-refractivity contribution in [1.82, 2.24) is 4.90 Å². The molecule has 0 radical (unpaired) electrons. The molecule has 4 rings (SSSR count). The minimum Gasteiger partial charge on any atom is -0.462 e. The monoisotopic (exact) mass is 472 g/mol. The summed E-state index contributed by atoms with van der Waals surface area (Å²) in [6.45, 7) is 4.69. The molecule has 0 N–H and O–H groups in total. The first kappa shape index (κ1) is 22.0. The minimum absolute atomic E-state index is 0.319. The van der Waals surface area contributed by atoms with E-state index in [0.29, 0.717) is 32.8 Å². The third kappa shape index (κ3) is 5.01. The molecule has 2 aromatic carbocycles. The number of rotatable bonds is 6. The number of esters is 1. The highest BCUT2D eigenvalue weighted by Gasteiger charge is 2.28. The van der Waals surface area contributed by atoms with E-state index in [1.807, 2.05) is 25.1 Å². The minimum atomic E-state index is -0.319. The van der Waals surface area contributed by atoms with Gasteiger partial charge in [-0.1, -0.05) is 65.7 Å². The molecule has 3 aromatic rings. The van der Waals surface area contributed by atoms with Gasteiger partial charge in [-0.15, -0.1) is 11.3 Å². The maximum atomic E-state index is 12.8. The second-order valence-electron chi connectivity index (χ2n) is 7.25. The number of nitrogens with zero attached hydrogens (tertiary/aromatic N) is 2. The third-order valence-corrected chi connectivity index (χ3v) is 7.11. The Labute approximate surface area is 196 Å². The topological polar surface area (TPSA) is 41.9 Å². The van der Waals surface area contributed by atoms with Crippen molar-refractivity contribution in [2.24, 2.45) is 4.99 Å². The molecule has 0 saturated heterocycles. The van der Waals surface area contributed by atoms with Crippen LogP contribution in [-0.2, 0) is 24.2 Å². The standard InChI is InChI=1S/C24H22Cl2N2O2S/c1-2-30-24(29)21-18-11-12-28(14-16-7-4-3-5-8-16)15-20(18)31-23(21)27-13-17-9-6-10-19(25)22(17)26/h3-10,13H,2,11-12,14-15H2,1H3. The molecule has 0 unspecified atom stereocenters. The largest absolute Gasteiger partial charge is 0.462 e. The van der Waals surface area contributed by atoms with E-state index < -0.39 is 0 Å². The summed E-state index contributed by atoms with van der Waals surface area (Å²) in [4.78, 5) is 20.9. The zero-order valence-corrected chi connectivity index (χ0v) is 19.4. The Bertz CT molecular complexity index is 1110. The lowest BCUT2D eigenvalue weighted by atomic mass is 10.0. The number of halogens is 2. The molecule has 0 bridgehead atoms. The zero-order valence-electron chi connectivity index (χ0n) is 17.1. The second-order valence-corrected chi connectivity index (χ2v) is 9.12. The van der Waals surface area contributed by atoms with Gasteiger partial charge in [0.2, 0.25) is 0 Å². The van der Waals surface area contributed by atoms with Crippen molar-refractivity contribution in [3.8, 4) is 0 Å². The van der Waals surface area contributed by atoms with Crippen LogP contribution in [0.3, 0.4) is 0 Å². The molecule has 0 saturated carbocycles. The highest BCUT2D eigenvalue weighted by molar-refractivity contribution is 7.16. The molecule has 0 spiro atoms. The Morgan fingerprint density at radius 3 is 2.77 bits per heavy atom. The summed E-state index contributed by atoms with van der Waals surface area (Å²) < 4.78 is 5.34. The number of benzene rings is 2. The quantitative estimate of drug-likeness (QED) is 0.302. The van der Waals surface area contributed by atoms with E-state index >= 15 is 0 Å². The van der Waals surface area contributed by atoms with E-state index in [0.717, 1.165) is 36.5 Å². The molecule has 31 heavy (non-hydrogen) atoms. The molecule has 1 aliphatic heterocycles. The predicted octanol–water partition coefficient (Wildman–Crippen LogP) is 6.54. The van der Waals surface area contributed by atoms with Gasteiger partial charge in [0.05, 0.1) is 22.2 Å². The summed E-state index contributed by atoms with van der Waals surface area (Å²) in [6.07, 6.45) is 2.45. The van der Waals surface area contributed by atoms with Crippen LogP contribution in [0.4, 0.5) is 5.00 Å². The first-order valence-corrected chi connectivity index (χ1v) is 11.7. The van der Waals surface area contributed by atoms with Crippen LogP contribution < -0.4 is 0 Å². The van der Waals surface area contributed by atoms with E-state index in [4.69, 9.17) is 27.9 Å². The average molecular weight is 473 g/mol. The lowest BCUT2D eigenvalue weighted by Crippen LogP contribution is -2.29. The van der Waals surface area contributed by atoms with E-state index in [9.17, 15) is 4.79 Å². The Hall–Kier alpha value is -2.18. The van der Waals surface area contributed by atoms with Crippen LogP contribution in [0.5, 0.6) is 0 Å². The van der Waals surface area contributed by atoms with Gasteiger partial charge >= 0.3 is 5.97 Å². The summed E-state index contributed by atoms with van der Waals surface area (Å²) in [5.41, 5.74) is 3.62. The van der Waals surface area contributed by atoms with Crippen molar-refractivity contribution in [2.45, 2.75) is 26.4 Å². The zero-order chi connectivity index (χ0) is 21.8. The fourth-order valence-electron chi connectivity index (χ4n) is 3.67. The van der Waals surface area contributed by atoms with Crippen LogP contribution in [0, 0.1) is 0 Å². The fourth-order valence-corrected chi connectivity index (χ4v) is 5.25. The van der Waals surface area contributed by atoms with Gasteiger partial charge in [-0.2, -0.15) is 0 Å². The normalized spacial score (nSPS) is 14.0. The van der Waals surface area contributed by atoms with Gasteiger partial charge in [0.25, 0.3) is 0 Å². The fraction of sp³-hybridized carbons (Fsp3) is 0.250. The lowest BCUT2D eigenvalue weighted by molar-refractivity contribution is 0.0526. The van der Waals surface area contributed by atoms with Gasteiger partial charge in [0.15, 0.2) is 0 Å². The van der Waals surface area contributed by atoms with Crippen LogP contribution in [0.1, 0.15) is 38.8 Å². The van der Waals surface area contributed by atoms with E-state index in [1.54, 1.807) is 23.6 Å². The maximum Gasteiger partial charge on any atom is 0.341 e. The number of aliphatic imine (C=N–C) groups is 1. The van der Waals surface area contributed by atoms with Crippen LogP contribution in [0.2, 0.25) is 10.0 Å². The number of ether oxygens (including phenoxy) is 1. The van der Waals surface area contributed by atoms with Gasteiger partial charge in [-0.3, -0.25) is 4.90 Å². The number of fused-ring (bicyclic) bond motifs is 1. The molecule has 1 aromatic heterocycles. The van der Waals surface area contributed by atoms with E-state index in [2.05, 4.69) is 34.2 Å². The molecular formula is C24H22Cl2N2O2S. The average Bonchev–Trinajstić information content (AvgIpc) is 3.13. The van der Waals surface area contributed by atoms with Crippen molar-refractivity contribution in [2.75, 3.05) is 13.2 Å². The molecule has 1 aliphatic rings. The lowest BCUT2D eigenvalue weighted by Gasteiger charge is -2.27. The molecule has 2 heterocycles. The van der Waals surface area contributed by atoms with Crippen LogP contribution in [-0.4, -0.2) is 30.2 Å². The van der Waals surface area contributed by atoms with Crippen LogP contribution >= 0.6 is 34.5 Å². The molecule has 0 amide bonds. The van der Waals surface area contributed by atoms with Crippen molar-refractivity contribution in [1.29, 1.82) is 0 Å². The van der Waals surface area contributed by atoms with Crippen LogP contribution in [0.15, 0.2) is 53.5 Å². The molecule has 0 aliphatic carbocycles. The Kier molecular flexibility index (Phi) is 7.08. The van der Waals surface area contributed by atoms with Gasteiger partial charge < -0.3 is 4.74 Å². The number of hydrogen-bond acceptors (Lipinski definition) is 5. The first-order valence-electron chi connectivity index (χ1n) is 10.1. The SMILES string of the molecule is CCOC(=O)c1c(N=Cc2cccc(Cl)c2Cl)sc2c1CCN(Cc1ccccc1)C2. The molecule has 7 heteroatoms.